The van der Waals surface area contributed by atoms with Crippen molar-refractivity contribution in [1.29, 1.82) is 0 Å². The van der Waals surface area contributed by atoms with E-state index in [0.29, 0.717) is 11.4 Å². The third kappa shape index (κ3) is 2.77. The van der Waals surface area contributed by atoms with Gasteiger partial charge in [0.05, 0.1) is 0 Å². The standard InChI is InChI=1S/C14H12BrN5O2/c1-9-4-2-3-5-12(9)22-8-10-11(15)6-7-16-13(10)20-14(21)17-18-19-20/h2-7H,8H2,1H3,(H,17,19,21). The first-order valence-electron chi connectivity index (χ1n) is 6.49. The van der Waals surface area contributed by atoms with Gasteiger partial charge in [-0.2, -0.15) is 0 Å². The molecule has 1 N–H and O–H groups in total. The van der Waals surface area contributed by atoms with Gasteiger partial charge in [-0.05, 0) is 35.0 Å². The maximum atomic E-state index is 11.7. The van der Waals surface area contributed by atoms with Gasteiger partial charge in [0.2, 0.25) is 0 Å². The van der Waals surface area contributed by atoms with Gasteiger partial charge in [0, 0.05) is 16.2 Å². The second-order valence-electron chi connectivity index (χ2n) is 4.57. The fourth-order valence-corrected chi connectivity index (χ4v) is 2.39. The fourth-order valence-electron chi connectivity index (χ4n) is 1.98. The Kier molecular flexibility index (Phi) is 4.01. The van der Waals surface area contributed by atoms with Gasteiger partial charge in [-0.15, -0.1) is 4.68 Å². The molecule has 7 nitrogen and oxygen atoms in total. The molecule has 0 aliphatic carbocycles. The molecule has 0 saturated heterocycles. The van der Waals surface area contributed by atoms with Crippen molar-refractivity contribution in [2.24, 2.45) is 0 Å². The number of hydrogen-bond donors (Lipinski definition) is 1. The minimum absolute atomic E-state index is 0.244. The number of halogens is 1. The lowest BCUT2D eigenvalue weighted by Gasteiger charge is -2.12. The zero-order valence-corrected chi connectivity index (χ0v) is 13.2. The highest BCUT2D eigenvalue weighted by Gasteiger charge is 2.14. The average Bonchev–Trinajstić information content (AvgIpc) is 2.93. The Bertz CT molecular complexity index is 858. The van der Waals surface area contributed by atoms with Crippen LogP contribution >= 0.6 is 15.9 Å². The summed E-state index contributed by atoms with van der Waals surface area (Å²) >= 11 is 3.46. The first-order chi connectivity index (χ1) is 10.7. The molecule has 0 spiro atoms. The molecule has 0 radical (unpaired) electrons. The number of benzene rings is 1. The number of para-hydroxylation sites is 1. The molecule has 22 heavy (non-hydrogen) atoms. The Labute approximate surface area is 134 Å². The summed E-state index contributed by atoms with van der Waals surface area (Å²) in [4.78, 5) is 15.9. The molecule has 3 aromatic rings. The van der Waals surface area contributed by atoms with E-state index in [1.165, 1.54) is 0 Å². The van der Waals surface area contributed by atoms with E-state index in [9.17, 15) is 4.79 Å². The summed E-state index contributed by atoms with van der Waals surface area (Å²) in [7, 11) is 0. The Balaban J connectivity index is 1.96. The topological polar surface area (TPSA) is 85.7 Å². The second kappa shape index (κ2) is 6.10. The predicted octanol–water partition coefficient (Wildman–Crippen LogP) is 2.00. The minimum Gasteiger partial charge on any atom is -0.488 e. The number of aryl methyl sites for hydroxylation is 1. The van der Waals surface area contributed by atoms with E-state index < -0.39 is 5.69 Å². The van der Waals surface area contributed by atoms with E-state index in [4.69, 9.17) is 4.74 Å². The average molecular weight is 362 g/mol. The molecule has 0 amide bonds. The van der Waals surface area contributed by atoms with Gasteiger partial charge >= 0.3 is 5.69 Å². The Morgan fingerprint density at radius 2 is 2.14 bits per heavy atom. The molecule has 0 bridgehead atoms. The van der Waals surface area contributed by atoms with Crippen LogP contribution in [0.3, 0.4) is 0 Å². The van der Waals surface area contributed by atoms with Crippen LogP contribution in [0.1, 0.15) is 11.1 Å². The van der Waals surface area contributed by atoms with Crippen LogP contribution in [0.2, 0.25) is 0 Å². The number of aromatic nitrogens is 5. The van der Waals surface area contributed by atoms with Gasteiger partial charge in [-0.25, -0.2) is 14.9 Å². The first kappa shape index (κ1) is 14.5. The summed E-state index contributed by atoms with van der Waals surface area (Å²) in [6.07, 6.45) is 1.58. The van der Waals surface area contributed by atoms with Crippen LogP contribution < -0.4 is 10.4 Å². The van der Waals surface area contributed by atoms with E-state index in [-0.39, 0.29) is 6.61 Å². The van der Waals surface area contributed by atoms with Gasteiger partial charge in [-0.3, -0.25) is 0 Å². The zero-order chi connectivity index (χ0) is 15.5. The summed E-state index contributed by atoms with van der Waals surface area (Å²) < 4.78 is 7.72. The predicted molar refractivity (Wildman–Crippen MR) is 83.0 cm³/mol. The van der Waals surface area contributed by atoms with Crippen LogP contribution in [0.5, 0.6) is 5.75 Å². The Morgan fingerprint density at radius 1 is 1.32 bits per heavy atom. The molecule has 0 atom stereocenters. The maximum absolute atomic E-state index is 11.7. The van der Waals surface area contributed by atoms with Crippen LogP contribution in [0.4, 0.5) is 0 Å². The molecule has 1 aromatic carbocycles. The molecule has 2 aromatic heterocycles. The van der Waals surface area contributed by atoms with Gasteiger partial charge in [0.15, 0.2) is 5.82 Å². The van der Waals surface area contributed by atoms with E-state index >= 15 is 0 Å². The SMILES string of the molecule is Cc1ccccc1OCc1c(Br)ccnc1-n1nn[nH]c1=O. The molecular weight excluding hydrogens is 350 g/mol. The fraction of sp³-hybridized carbons (Fsp3) is 0.143. The summed E-state index contributed by atoms with van der Waals surface area (Å²) in [5, 5.41) is 9.45. The number of H-pyrrole nitrogens is 1. The molecule has 112 valence electrons. The van der Waals surface area contributed by atoms with Gasteiger partial charge in [0.1, 0.15) is 12.4 Å². The number of nitrogens with one attached hydrogen (secondary N) is 1. The number of tetrazole rings is 1. The third-order valence-electron chi connectivity index (χ3n) is 3.11. The van der Waals surface area contributed by atoms with E-state index in [0.717, 1.165) is 20.5 Å². The lowest BCUT2D eigenvalue weighted by Crippen LogP contribution is -2.19. The largest absolute Gasteiger partial charge is 0.488 e. The minimum atomic E-state index is -0.456. The van der Waals surface area contributed by atoms with Crippen LogP contribution in [0.15, 0.2) is 45.8 Å². The molecule has 0 aliphatic rings. The van der Waals surface area contributed by atoms with Crippen molar-refractivity contribution < 1.29 is 4.74 Å². The normalized spacial score (nSPS) is 10.6. The van der Waals surface area contributed by atoms with Crippen molar-refractivity contribution in [3.8, 4) is 11.6 Å². The quantitative estimate of drug-likeness (QED) is 0.767. The zero-order valence-electron chi connectivity index (χ0n) is 11.7. The number of ether oxygens (including phenoxy) is 1. The van der Waals surface area contributed by atoms with Crippen molar-refractivity contribution >= 4 is 15.9 Å². The highest BCUT2D eigenvalue weighted by Crippen LogP contribution is 2.24. The molecule has 2 heterocycles. The molecule has 0 fully saturated rings. The highest BCUT2D eigenvalue weighted by atomic mass is 79.9. The lowest BCUT2D eigenvalue weighted by atomic mass is 10.2. The summed E-state index contributed by atoms with van der Waals surface area (Å²) in [5.41, 5.74) is 1.28. The number of pyridine rings is 1. The number of rotatable bonds is 4. The molecular formula is C14H12BrN5O2. The van der Waals surface area contributed by atoms with Gasteiger partial charge < -0.3 is 4.74 Å². The molecule has 0 unspecified atom stereocenters. The van der Waals surface area contributed by atoms with Crippen molar-refractivity contribution in [3.05, 3.63) is 62.6 Å². The van der Waals surface area contributed by atoms with Crippen LogP contribution in [0, 0.1) is 6.92 Å². The summed E-state index contributed by atoms with van der Waals surface area (Å²) in [6.45, 7) is 2.21. The number of hydrogen-bond acceptors (Lipinski definition) is 5. The van der Waals surface area contributed by atoms with Gasteiger partial charge in [-0.1, -0.05) is 34.1 Å². The lowest BCUT2D eigenvalue weighted by molar-refractivity contribution is 0.302. The highest BCUT2D eigenvalue weighted by molar-refractivity contribution is 9.10. The second-order valence-corrected chi connectivity index (χ2v) is 5.42. The number of aromatic amines is 1. The monoisotopic (exact) mass is 361 g/mol. The summed E-state index contributed by atoms with van der Waals surface area (Å²) in [5.74, 6) is 1.15. The molecule has 8 heteroatoms. The third-order valence-corrected chi connectivity index (χ3v) is 3.86. The first-order valence-corrected chi connectivity index (χ1v) is 7.28. The van der Waals surface area contributed by atoms with E-state index in [2.05, 4.69) is 36.4 Å². The van der Waals surface area contributed by atoms with Crippen LogP contribution in [0.25, 0.3) is 5.82 Å². The molecule has 0 aliphatic heterocycles. The van der Waals surface area contributed by atoms with Crippen LogP contribution in [-0.4, -0.2) is 25.2 Å². The van der Waals surface area contributed by atoms with Crippen molar-refractivity contribution in [2.45, 2.75) is 13.5 Å². The molecule has 0 saturated carbocycles. The maximum Gasteiger partial charge on any atom is 0.367 e. The summed E-state index contributed by atoms with van der Waals surface area (Å²) in [6, 6.07) is 9.50. The van der Waals surface area contributed by atoms with E-state index in [1.807, 2.05) is 31.2 Å². The van der Waals surface area contributed by atoms with E-state index in [1.54, 1.807) is 12.3 Å². The Morgan fingerprint density at radius 3 is 2.86 bits per heavy atom. The Hall–Kier alpha value is -2.48. The molecule has 3 rings (SSSR count). The van der Waals surface area contributed by atoms with Crippen molar-refractivity contribution in [1.82, 2.24) is 25.2 Å². The smallest absolute Gasteiger partial charge is 0.367 e. The van der Waals surface area contributed by atoms with Gasteiger partial charge in [0.25, 0.3) is 0 Å². The van der Waals surface area contributed by atoms with Crippen LogP contribution in [-0.2, 0) is 6.61 Å². The number of nitrogens with zero attached hydrogens (tertiary/aromatic N) is 4. The van der Waals surface area contributed by atoms with Crippen molar-refractivity contribution in [2.75, 3.05) is 0 Å². The van der Waals surface area contributed by atoms with Crippen molar-refractivity contribution in [3.63, 3.8) is 0 Å².